The summed E-state index contributed by atoms with van der Waals surface area (Å²) in [5.41, 5.74) is 4.12. The zero-order valence-electron chi connectivity index (χ0n) is 16.9. The number of nitrogens with one attached hydrogen (secondary N) is 2. The number of carbonyl (C=O) groups is 3. The molecule has 2 heterocycles. The van der Waals surface area contributed by atoms with E-state index >= 15 is 0 Å². The molecule has 0 unspecified atom stereocenters. The van der Waals surface area contributed by atoms with Gasteiger partial charge in [0, 0.05) is 4.88 Å². The summed E-state index contributed by atoms with van der Waals surface area (Å²) in [4.78, 5) is 38.1. The smallest absolute Gasteiger partial charge is 0.341 e. The van der Waals surface area contributed by atoms with Crippen molar-refractivity contribution in [2.24, 2.45) is 5.10 Å². The molecule has 10 heteroatoms. The van der Waals surface area contributed by atoms with Crippen molar-refractivity contribution in [2.45, 2.75) is 32.6 Å². The lowest BCUT2D eigenvalue weighted by atomic mass is 9.95. The van der Waals surface area contributed by atoms with Crippen molar-refractivity contribution >= 4 is 40.3 Å². The molecule has 0 atom stereocenters. The van der Waals surface area contributed by atoms with Gasteiger partial charge in [0.25, 0.3) is 0 Å². The predicted octanol–water partition coefficient (Wildman–Crippen LogP) is 2.62. The zero-order valence-corrected chi connectivity index (χ0v) is 17.7. The van der Waals surface area contributed by atoms with Crippen LogP contribution in [0.25, 0.3) is 0 Å². The highest BCUT2D eigenvalue weighted by atomic mass is 32.1. The number of aryl methyl sites for hydroxylation is 1. The number of carbonyl (C=O) groups excluding carboxylic acids is 3. The highest BCUT2D eigenvalue weighted by molar-refractivity contribution is 7.17. The van der Waals surface area contributed by atoms with Crippen LogP contribution in [0.5, 0.6) is 11.5 Å². The standard InChI is InChI=1S/C21H21N3O6S/c1-2-28-21(27)17-13-5-3-4-6-16(13)31-20(17)23-18(25)19(26)24-22-10-12-7-8-14-15(9-12)30-11-29-14/h7-10H,2-6,11H2,1H3,(H,23,25)(H,24,26)/b22-10-. The van der Waals surface area contributed by atoms with Crippen molar-refractivity contribution in [2.75, 3.05) is 18.7 Å². The summed E-state index contributed by atoms with van der Waals surface area (Å²) < 4.78 is 15.7. The Labute approximate surface area is 182 Å². The van der Waals surface area contributed by atoms with E-state index < -0.39 is 17.8 Å². The van der Waals surface area contributed by atoms with E-state index in [1.165, 1.54) is 17.6 Å². The van der Waals surface area contributed by atoms with Crippen molar-refractivity contribution in [1.29, 1.82) is 0 Å². The maximum atomic E-state index is 12.4. The van der Waals surface area contributed by atoms with Crippen molar-refractivity contribution in [3.05, 3.63) is 39.8 Å². The number of rotatable bonds is 5. The van der Waals surface area contributed by atoms with Crippen molar-refractivity contribution < 1.29 is 28.6 Å². The maximum absolute atomic E-state index is 12.4. The number of fused-ring (bicyclic) bond motifs is 2. The van der Waals surface area contributed by atoms with Crippen LogP contribution in [0.4, 0.5) is 5.00 Å². The van der Waals surface area contributed by atoms with Gasteiger partial charge >= 0.3 is 17.8 Å². The Hall–Kier alpha value is -3.40. The number of hydrogen-bond donors (Lipinski definition) is 2. The predicted molar refractivity (Wildman–Crippen MR) is 114 cm³/mol. The molecule has 0 saturated heterocycles. The van der Waals surface area contributed by atoms with Gasteiger partial charge in [0.1, 0.15) is 5.00 Å². The van der Waals surface area contributed by atoms with Crippen LogP contribution in [0.3, 0.4) is 0 Å². The number of ether oxygens (including phenoxy) is 3. The second-order valence-electron chi connectivity index (χ2n) is 6.90. The topological polar surface area (TPSA) is 115 Å². The number of benzene rings is 1. The van der Waals surface area contributed by atoms with E-state index in [2.05, 4.69) is 15.8 Å². The summed E-state index contributed by atoms with van der Waals surface area (Å²) in [7, 11) is 0. The molecule has 0 bridgehead atoms. The van der Waals surface area contributed by atoms with Crippen LogP contribution < -0.4 is 20.2 Å². The molecule has 1 aromatic carbocycles. The van der Waals surface area contributed by atoms with Crippen molar-refractivity contribution in [3.63, 3.8) is 0 Å². The molecule has 2 N–H and O–H groups in total. The van der Waals surface area contributed by atoms with Gasteiger partial charge in [-0.3, -0.25) is 9.59 Å². The number of hydrazone groups is 1. The molecule has 9 nitrogen and oxygen atoms in total. The molecule has 2 amide bonds. The third-order valence-electron chi connectivity index (χ3n) is 4.86. The Balaban J connectivity index is 1.42. The average molecular weight is 443 g/mol. The molecule has 1 aromatic heterocycles. The Morgan fingerprint density at radius 3 is 2.81 bits per heavy atom. The van der Waals surface area contributed by atoms with E-state index in [1.807, 2.05) is 0 Å². The highest BCUT2D eigenvalue weighted by Gasteiger charge is 2.28. The molecule has 0 radical (unpaired) electrons. The van der Waals surface area contributed by atoms with Crippen LogP contribution in [0.15, 0.2) is 23.3 Å². The Morgan fingerprint density at radius 2 is 1.97 bits per heavy atom. The Bertz CT molecular complexity index is 1060. The van der Waals surface area contributed by atoms with E-state index in [1.54, 1.807) is 25.1 Å². The fraction of sp³-hybridized carbons (Fsp3) is 0.333. The summed E-state index contributed by atoms with van der Waals surface area (Å²) in [5.74, 6) is -1.12. The van der Waals surface area contributed by atoms with E-state index in [4.69, 9.17) is 14.2 Å². The van der Waals surface area contributed by atoms with Crippen LogP contribution in [0.2, 0.25) is 0 Å². The summed E-state index contributed by atoms with van der Waals surface area (Å²) >= 11 is 1.32. The van der Waals surface area contributed by atoms with Gasteiger partial charge in [-0.05, 0) is 61.9 Å². The summed E-state index contributed by atoms with van der Waals surface area (Å²) in [6.07, 6.45) is 4.98. The minimum absolute atomic E-state index is 0.159. The zero-order chi connectivity index (χ0) is 21.8. The number of anilines is 1. The van der Waals surface area contributed by atoms with Crippen LogP contribution in [-0.2, 0) is 27.2 Å². The number of thiophene rings is 1. The molecule has 31 heavy (non-hydrogen) atoms. The van der Waals surface area contributed by atoms with Gasteiger partial charge in [0.05, 0.1) is 18.4 Å². The maximum Gasteiger partial charge on any atom is 0.341 e. The van der Waals surface area contributed by atoms with Gasteiger partial charge in [-0.2, -0.15) is 5.10 Å². The van der Waals surface area contributed by atoms with E-state index in [0.717, 1.165) is 36.1 Å². The number of esters is 1. The molecule has 0 saturated carbocycles. The van der Waals surface area contributed by atoms with E-state index in [9.17, 15) is 14.4 Å². The van der Waals surface area contributed by atoms with E-state index in [0.29, 0.717) is 27.6 Å². The Kier molecular flexibility index (Phi) is 6.17. The van der Waals surface area contributed by atoms with Crippen LogP contribution in [0.1, 0.15) is 46.1 Å². The average Bonchev–Trinajstić information content (AvgIpc) is 3.37. The summed E-state index contributed by atoms with van der Waals surface area (Å²) in [6, 6.07) is 5.18. The molecular formula is C21H21N3O6S. The first-order valence-corrected chi connectivity index (χ1v) is 10.7. The normalized spacial score (nSPS) is 14.2. The molecule has 162 valence electrons. The van der Waals surface area contributed by atoms with Gasteiger partial charge in [-0.15, -0.1) is 11.3 Å². The molecule has 4 rings (SSSR count). The van der Waals surface area contributed by atoms with Crippen LogP contribution >= 0.6 is 11.3 Å². The summed E-state index contributed by atoms with van der Waals surface area (Å²) in [5, 5.41) is 6.70. The van der Waals surface area contributed by atoms with Gasteiger partial charge in [-0.1, -0.05) is 0 Å². The summed E-state index contributed by atoms with van der Waals surface area (Å²) in [6.45, 7) is 2.11. The van der Waals surface area contributed by atoms with Gasteiger partial charge in [0.2, 0.25) is 6.79 Å². The lowest BCUT2D eigenvalue weighted by Gasteiger charge is -2.12. The minimum Gasteiger partial charge on any atom is -0.462 e. The largest absolute Gasteiger partial charge is 0.462 e. The van der Waals surface area contributed by atoms with Gasteiger partial charge in [0.15, 0.2) is 11.5 Å². The molecule has 1 aliphatic heterocycles. The fourth-order valence-electron chi connectivity index (χ4n) is 3.44. The first-order chi connectivity index (χ1) is 15.1. The third-order valence-corrected chi connectivity index (χ3v) is 6.07. The molecule has 2 aliphatic rings. The molecular weight excluding hydrogens is 422 g/mol. The Morgan fingerprint density at radius 1 is 1.16 bits per heavy atom. The van der Waals surface area contributed by atoms with Gasteiger partial charge in [-0.25, -0.2) is 10.2 Å². The minimum atomic E-state index is -0.946. The quantitative estimate of drug-likeness (QED) is 0.318. The molecule has 0 spiro atoms. The number of amides is 2. The van der Waals surface area contributed by atoms with Crippen molar-refractivity contribution in [3.8, 4) is 11.5 Å². The number of hydrogen-bond acceptors (Lipinski definition) is 8. The second kappa shape index (κ2) is 9.17. The molecule has 0 fully saturated rings. The lowest BCUT2D eigenvalue weighted by Crippen LogP contribution is -2.32. The SMILES string of the molecule is CCOC(=O)c1c(NC(=O)C(=O)N/N=C\c2ccc3c(c2)OCO3)sc2c1CCCC2. The van der Waals surface area contributed by atoms with E-state index in [-0.39, 0.29) is 13.4 Å². The second-order valence-corrected chi connectivity index (χ2v) is 8.01. The monoisotopic (exact) mass is 443 g/mol. The number of nitrogens with zero attached hydrogens (tertiary/aromatic N) is 1. The molecule has 1 aliphatic carbocycles. The third kappa shape index (κ3) is 4.53. The highest BCUT2D eigenvalue weighted by Crippen LogP contribution is 2.38. The lowest BCUT2D eigenvalue weighted by molar-refractivity contribution is -0.136. The van der Waals surface area contributed by atoms with Gasteiger partial charge < -0.3 is 19.5 Å². The first kappa shape index (κ1) is 20.9. The fourth-order valence-corrected chi connectivity index (χ4v) is 4.72. The van der Waals surface area contributed by atoms with Crippen LogP contribution in [-0.4, -0.2) is 37.4 Å². The first-order valence-electron chi connectivity index (χ1n) is 9.92. The molecule has 2 aromatic rings. The van der Waals surface area contributed by atoms with Crippen molar-refractivity contribution in [1.82, 2.24) is 5.43 Å². The van der Waals surface area contributed by atoms with Crippen LogP contribution in [0, 0.1) is 0 Å².